The number of hydrogen-bond acceptors (Lipinski definition) is 5. The number of ether oxygens (including phenoxy) is 1. The summed E-state index contributed by atoms with van der Waals surface area (Å²) in [5, 5.41) is 2.75. The lowest BCUT2D eigenvalue weighted by Crippen LogP contribution is -2.42. The molecular formula is C25H31N3O5S. The van der Waals surface area contributed by atoms with Gasteiger partial charge < -0.3 is 15.0 Å². The van der Waals surface area contributed by atoms with Crippen LogP contribution in [-0.2, 0) is 32.6 Å². The van der Waals surface area contributed by atoms with E-state index in [1.165, 1.54) is 13.1 Å². The maximum atomic E-state index is 13.1. The van der Waals surface area contributed by atoms with E-state index in [0.29, 0.717) is 12.2 Å². The molecule has 34 heavy (non-hydrogen) atoms. The molecule has 2 aromatic carbocycles. The predicted octanol–water partition coefficient (Wildman–Crippen LogP) is 2.71. The molecule has 4 rings (SSSR count). The Labute approximate surface area is 200 Å². The second-order valence-corrected chi connectivity index (χ2v) is 11.1. The van der Waals surface area contributed by atoms with Crippen LogP contribution in [0.1, 0.15) is 37.3 Å². The minimum Gasteiger partial charge on any atom is -0.497 e. The Morgan fingerprint density at radius 2 is 1.94 bits per heavy atom. The number of rotatable bonds is 8. The number of anilines is 1. The Bertz CT molecular complexity index is 1190. The first-order valence-corrected chi connectivity index (χ1v) is 13.0. The van der Waals surface area contributed by atoms with Gasteiger partial charge in [-0.3, -0.25) is 9.59 Å². The summed E-state index contributed by atoms with van der Waals surface area (Å²) in [4.78, 5) is 27.2. The third-order valence-electron chi connectivity index (χ3n) is 6.66. The van der Waals surface area contributed by atoms with E-state index in [9.17, 15) is 18.0 Å². The number of likely N-dealkylation sites (N-methyl/N-ethyl adjacent to an activating group) is 1. The van der Waals surface area contributed by atoms with Crippen LogP contribution in [0.2, 0.25) is 0 Å². The van der Waals surface area contributed by atoms with Crippen molar-refractivity contribution in [3.63, 3.8) is 0 Å². The second kappa shape index (κ2) is 9.76. The van der Waals surface area contributed by atoms with Gasteiger partial charge in [-0.15, -0.1) is 0 Å². The number of methoxy groups -OCH3 is 1. The molecule has 0 unspecified atom stereocenters. The molecular weight excluding hydrogens is 454 g/mol. The van der Waals surface area contributed by atoms with Crippen LogP contribution in [-0.4, -0.2) is 51.3 Å². The van der Waals surface area contributed by atoms with Crippen LogP contribution in [0, 0.1) is 5.92 Å². The lowest BCUT2D eigenvalue weighted by molar-refractivity contribution is -0.125. The smallest absolute Gasteiger partial charge is 0.243 e. The van der Waals surface area contributed by atoms with Gasteiger partial charge in [0.15, 0.2) is 0 Å². The summed E-state index contributed by atoms with van der Waals surface area (Å²) < 4.78 is 32.5. The predicted molar refractivity (Wildman–Crippen MR) is 129 cm³/mol. The number of nitrogens with zero attached hydrogens (tertiary/aromatic N) is 2. The molecule has 1 aliphatic carbocycles. The van der Waals surface area contributed by atoms with Crippen molar-refractivity contribution in [2.24, 2.45) is 5.92 Å². The van der Waals surface area contributed by atoms with Crippen LogP contribution in [0.4, 0.5) is 5.69 Å². The van der Waals surface area contributed by atoms with Gasteiger partial charge in [-0.2, -0.15) is 4.31 Å². The molecule has 1 heterocycles. The number of carbonyl (C=O) groups excluding carboxylic acids is 2. The van der Waals surface area contributed by atoms with Gasteiger partial charge in [-0.1, -0.05) is 18.6 Å². The van der Waals surface area contributed by atoms with Gasteiger partial charge >= 0.3 is 0 Å². The summed E-state index contributed by atoms with van der Waals surface area (Å²) in [6.45, 7) is 1.96. The van der Waals surface area contributed by atoms with Crippen molar-refractivity contribution in [2.45, 2.75) is 50.1 Å². The Kier molecular flexibility index (Phi) is 6.95. The molecule has 0 radical (unpaired) electrons. The monoisotopic (exact) mass is 485 g/mol. The highest BCUT2D eigenvalue weighted by molar-refractivity contribution is 7.89. The van der Waals surface area contributed by atoms with E-state index in [1.807, 2.05) is 36.1 Å². The minimum atomic E-state index is -3.87. The van der Waals surface area contributed by atoms with Crippen LogP contribution < -0.4 is 15.0 Å². The molecule has 0 spiro atoms. The Morgan fingerprint density at radius 1 is 1.18 bits per heavy atom. The maximum Gasteiger partial charge on any atom is 0.243 e. The third-order valence-corrected chi connectivity index (χ3v) is 8.46. The Balaban J connectivity index is 1.42. The largest absolute Gasteiger partial charge is 0.497 e. The summed E-state index contributed by atoms with van der Waals surface area (Å²) in [6.07, 6.45) is 3.55. The summed E-state index contributed by atoms with van der Waals surface area (Å²) in [5.74, 6) is 0.502. The molecule has 1 saturated carbocycles. The van der Waals surface area contributed by atoms with E-state index in [4.69, 9.17) is 4.74 Å². The second-order valence-electron chi connectivity index (χ2n) is 9.07. The van der Waals surface area contributed by atoms with Gasteiger partial charge in [0, 0.05) is 31.2 Å². The van der Waals surface area contributed by atoms with Crippen molar-refractivity contribution < 1.29 is 22.7 Å². The standard InChI is InChI=1S/C25H31N3O5S/c1-17-12-20-14-22(10-11-23(20)28(17)25(30)19-7-5-8-19)34(31,32)27(2)16-24(29)26-15-18-6-4-9-21(13-18)33-3/h4,6,9-11,13-14,17,19H,5,7-8,12,15-16H2,1-3H3,(H,26,29)/t17-/m1/s1. The molecule has 8 nitrogen and oxygen atoms in total. The van der Waals surface area contributed by atoms with Crippen molar-refractivity contribution in [1.29, 1.82) is 0 Å². The molecule has 0 aromatic heterocycles. The van der Waals surface area contributed by atoms with Gasteiger partial charge in [0.2, 0.25) is 21.8 Å². The topological polar surface area (TPSA) is 96.0 Å². The average Bonchev–Trinajstić information content (AvgIpc) is 3.11. The van der Waals surface area contributed by atoms with Crippen molar-refractivity contribution >= 4 is 27.5 Å². The van der Waals surface area contributed by atoms with Gasteiger partial charge in [-0.05, 0) is 67.6 Å². The van der Waals surface area contributed by atoms with Crippen LogP contribution in [0.5, 0.6) is 5.75 Å². The zero-order valence-corrected chi connectivity index (χ0v) is 20.6. The SMILES string of the molecule is COc1cccc(CNC(=O)CN(C)S(=O)(=O)c2ccc3c(c2)C[C@@H](C)N3C(=O)C2CCC2)c1. The quantitative estimate of drug-likeness (QED) is 0.620. The van der Waals surface area contributed by atoms with Crippen molar-refractivity contribution in [3.05, 3.63) is 53.6 Å². The summed E-state index contributed by atoms with van der Waals surface area (Å²) in [5.41, 5.74) is 2.49. The van der Waals surface area contributed by atoms with Crippen molar-refractivity contribution in [2.75, 3.05) is 25.6 Å². The van der Waals surface area contributed by atoms with Crippen LogP contribution in [0.3, 0.4) is 0 Å². The van der Waals surface area contributed by atoms with Crippen LogP contribution in [0.15, 0.2) is 47.4 Å². The fraction of sp³-hybridized carbons (Fsp3) is 0.440. The first kappa shape index (κ1) is 24.2. The van der Waals surface area contributed by atoms with E-state index in [0.717, 1.165) is 40.4 Å². The minimum absolute atomic E-state index is 0.00109. The number of nitrogens with one attached hydrogen (secondary N) is 1. The molecule has 9 heteroatoms. The maximum absolute atomic E-state index is 13.1. The van der Waals surface area contributed by atoms with E-state index >= 15 is 0 Å². The zero-order valence-electron chi connectivity index (χ0n) is 19.8. The first-order valence-electron chi connectivity index (χ1n) is 11.5. The van der Waals surface area contributed by atoms with Gasteiger partial charge in [0.05, 0.1) is 18.6 Å². The fourth-order valence-corrected chi connectivity index (χ4v) is 5.64. The number of hydrogen-bond donors (Lipinski definition) is 1. The lowest BCUT2D eigenvalue weighted by Gasteiger charge is -2.32. The summed E-state index contributed by atoms with van der Waals surface area (Å²) in [7, 11) is -0.903. The summed E-state index contributed by atoms with van der Waals surface area (Å²) in [6, 6.07) is 12.2. The van der Waals surface area contributed by atoms with E-state index in [2.05, 4.69) is 5.32 Å². The third kappa shape index (κ3) is 4.81. The highest BCUT2D eigenvalue weighted by Gasteiger charge is 2.37. The number of sulfonamides is 1. The molecule has 2 aliphatic rings. The molecule has 1 aliphatic heterocycles. The molecule has 1 fully saturated rings. The van der Waals surface area contributed by atoms with Crippen molar-refractivity contribution in [1.82, 2.24) is 9.62 Å². The van der Waals surface area contributed by atoms with Crippen molar-refractivity contribution in [3.8, 4) is 5.75 Å². The first-order chi connectivity index (χ1) is 16.2. The van der Waals surface area contributed by atoms with E-state index < -0.39 is 15.9 Å². The Morgan fingerprint density at radius 3 is 2.62 bits per heavy atom. The molecule has 1 atom stereocenters. The molecule has 0 bridgehead atoms. The molecule has 2 aromatic rings. The average molecular weight is 486 g/mol. The number of carbonyl (C=O) groups is 2. The van der Waals surface area contributed by atoms with Gasteiger partial charge in [0.25, 0.3) is 0 Å². The number of amides is 2. The van der Waals surface area contributed by atoms with Crippen LogP contribution >= 0.6 is 0 Å². The zero-order chi connectivity index (χ0) is 24.5. The molecule has 1 N–H and O–H groups in total. The molecule has 0 saturated heterocycles. The number of benzene rings is 2. The normalized spacial score (nSPS) is 17.9. The number of fused-ring (bicyclic) bond motifs is 1. The highest BCUT2D eigenvalue weighted by Crippen LogP contribution is 2.38. The summed E-state index contributed by atoms with van der Waals surface area (Å²) >= 11 is 0. The van der Waals surface area contributed by atoms with Gasteiger partial charge in [-0.25, -0.2) is 8.42 Å². The van der Waals surface area contributed by atoms with Gasteiger partial charge in [0.1, 0.15) is 5.75 Å². The molecule has 182 valence electrons. The van der Waals surface area contributed by atoms with Crippen LogP contribution in [0.25, 0.3) is 0 Å². The Hall–Kier alpha value is -2.91. The van der Waals surface area contributed by atoms with E-state index in [1.54, 1.807) is 19.2 Å². The lowest BCUT2D eigenvalue weighted by atomic mass is 9.84. The highest BCUT2D eigenvalue weighted by atomic mass is 32.2. The van der Waals surface area contributed by atoms with E-state index in [-0.39, 0.29) is 35.9 Å². The molecule has 2 amide bonds. The fourth-order valence-electron chi connectivity index (χ4n) is 4.46.